The van der Waals surface area contributed by atoms with Crippen LogP contribution in [0, 0.1) is 28.4 Å². The van der Waals surface area contributed by atoms with Crippen molar-refractivity contribution in [2.75, 3.05) is 5.32 Å². The molecule has 0 saturated carbocycles. The topological polar surface area (TPSA) is 133 Å². The first kappa shape index (κ1) is 18.5. The molecule has 0 fully saturated rings. The van der Waals surface area contributed by atoms with Crippen LogP contribution in [0.25, 0.3) is 5.57 Å². The van der Waals surface area contributed by atoms with Crippen LogP contribution in [-0.2, 0) is 10.8 Å². The number of rotatable bonds is 4. The Labute approximate surface area is 156 Å². The van der Waals surface area contributed by atoms with Crippen molar-refractivity contribution >= 4 is 16.9 Å². The van der Waals surface area contributed by atoms with Gasteiger partial charge in [0.25, 0.3) is 5.69 Å². The Morgan fingerprint density at radius 2 is 2.11 bits per heavy atom. The minimum absolute atomic E-state index is 0.136. The van der Waals surface area contributed by atoms with Gasteiger partial charge in [0.1, 0.15) is 11.6 Å². The number of nitro groups is 1. The van der Waals surface area contributed by atoms with Gasteiger partial charge < -0.3 is 5.32 Å². The minimum Gasteiger partial charge on any atom is -0.360 e. The lowest BCUT2D eigenvalue weighted by atomic mass is 9.81. The number of aromatic nitrogens is 4. The predicted molar refractivity (Wildman–Crippen MR) is 99.9 cm³/mol. The molecular weight excluding hydrogens is 346 g/mol. The average Bonchev–Trinajstić information content (AvgIpc) is 3.14. The summed E-state index contributed by atoms with van der Waals surface area (Å²) in [6.45, 7) is 10.0. The van der Waals surface area contributed by atoms with Crippen molar-refractivity contribution in [3.05, 3.63) is 44.9 Å². The quantitative estimate of drug-likeness (QED) is 0.481. The van der Waals surface area contributed by atoms with Gasteiger partial charge in [-0.05, 0) is 41.0 Å². The van der Waals surface area contributed by atoms with Crippen molar-refractivity contribution < 1.29 is 4.92 Å². The lowest BCUT2D eigenvalue weighted by Gasteiger charge is -2.22. The molecule has 0 bridgehead atoms. The number of nitro benzene ring substituents is 1. The van der Waals surface area contributed by atoms with Gasteiger partial charge in [0, 0.05) is 17.5 Å². The molecule has 27 heavy (non-hydrogen) atoms. The zero-order valence-corrected chi connectivity index (χ0v) is 15.9. The van der Waals surface area contributed by atoms with Gasteiger partial charge in [-0.2, -0.15) is 10.5 Å². The summed E-state index contributed by atoms with van der Waals surface area (Å²) in [7, 11) is 0. The Morgan fingerprint density at radius 3 is 2.67 bits per heavy atom. The zero-order chi connectivity index (χ0) is 20.0. The number of hydrogen-bond acceptors (Lipinski definition) is 7. The maximum atomic E-state index is 11.9. The minimum atomic E-state index is -0.309. The van der Waals surface area contributed by atoms with Gasteiger partial charge in [0.2, 0.25) is 5.82 Å². The number of anilines is 1. The molecule has 3 rings (SSSR count). The first-order valence-electron chi connectivity index (χ1n) is 8.52. The van der Waals surface area contributed by atoms with Crippen molar-refractivity contribution in [1.82, 2.24) is 20.6 Å². The summed E-state index contributed by atoms with van der Waals surface area (Å²) < 4.78 is 0. The zero-order valence-electron chi connectivity index (χ0n) is 15.9. The molecule has 1 aliphatic carbocycles. The molecule has 1 heterocycles. The number of benzene rings is 1. The van der Waals surface area contributed by atoms with Crippen LogP contribution in [0.2, 0.25) is 0 Å². The molecule has 9 heteroatoms. The number of nitrogens with one attached hydrogen (secondary N) is 2. The third kappa shape index (κ3) is 3.03. The number of tetrazole rings is 1. The second-order valence-corrected chi connectivity index (χ2v) is 8.07. The Bertz CT molecular complexity index is 982. The monoisotopic (exact) mass is 367 g/mol. The number of fused-ring (bicyclic) bond motifs is 1. The third-order valence-electron chi connectivity index (χ3n) is 5.11. The van der Waals surface area contributed by atoms with Crippen molar-refractivity contribution in [1.29, 1.82) is 5.26 Å². The van der Waals surface area contributed by atoms with E-state index in [2.05, 4.69) is 39.8 Å². The smallest absolute Gasteiger partial charge is 0.278 e. The van der Waals surface area contributed by atoms with Crippen LogP contribution in [-0.4, -0.2) is 25.5 Å². The van der Waals surface area contributed by atoms with E-state index in [9.17, 15) is 15.4 Å². The number of nitrogens with zero attached hydrogens (tertiary/aromatic N) is 5. The second kappa shape index (κ2) is 6.16. The summed E-state index contributed by atoms with van der Waals surface area (Å²) in [5.41, 5.74) is 2.70. The molecule has 1 aliphatic rings. The highest BCUT2D eigenvalue weighted by molar-refractivity contribution is 5.76. The molecule has 0 aliphatic heterocycles. The van der Waals surface area contributed by atoms with E-state index in [0.717, 1.165) is 17.5 Å². The predicted octanol–water partition coefficient (Wildman–Crippen LogP) is 3.35. The highest BCUT2D eigenvalue weighted by atomic mass is 16.6. The van der Waals surface area contributed by atoms with Gasteiger partial charge in [-0.15, -0.1) is 10.2 Å². The van der Waals surface area contributed by atoms with Crippen LogP contribution < -0.4 is 5.32 Å². The summed E-state index contributed by atoms with van der Waals surface area (Å²) in [4.78, 5) is 11.6. The molecule has 2 N–H and O–H groups in total. The highest BCUT2D eigenvalue weighted by Crippen LogP contribution is 2.54. The van der Waals surface area contributed by atoms with E-state index < -0.39 is 0 Å². The molecule has 0 amide bonds. The van der Waals surface area contributed by atoms with E-state index >= 15 is 0 Å². The molecule has 1 aromatic heterocycles. The van der Waals surface area contributed by atoms with E-state index in [1.807, 2.05) is 26.0 Å². The van der Waals surface area contributed by atoms with E-state index in [-0.39, 0.29) is 32.8 Å². The highest BCUT2D eigenvalue weighted by Gasteiger charge is 2.47. The van der Waals surface area contributed by atoms with Gasteiger partial charge in [0.05, 0.1) is 10.5 Å². The molecule has 0 saturated heterocycles. The summed E-state index contributed by atoms with van der Waals surface area (Å²) in [6, 6.07) is 3.95. The largest absolute Gasteiger partial charge is 0.360 e. The first-order valence-corrected chi connectivity index (χ1v) is 8.52. The molecule has 0 spiro atoms. The van der Waals surface area contributed by atoms with E-state index in [1.165, 1.54) is 6.20 Å². The van der Waals surface area contributed by atoms with Crippen LogP contribution in [0.3, 0.4) is 0 Å². The number of hydrogen-bond donors (Lipinski definition) is 2. The number of H-pyrrole nitrogens is 1. The fraction of sp³-hybridized carbons (Fsp3) is 0.444. The summed E-state index contributed by atoms with van der Waals surface area (Å²) in [5.74, 6) is 0.153. The van der Waals surface area contributed by atoms with Crippen molar-refractivity contribution in [3.8, 4) is 6.07 Å². The maximum Gasteiger partial charge on any atom is 0.278 e. The third-order valence-corrected chi connectivity index (χ3v) is 5.11. The van der Waals surface area contributed by atoms with Crippen molar-refractivity contribution in [2.24, 2.45) is 0 Å². The Morgan fingerprint density at radius 1 is 1.41 bits per heavy atom. The van der Waals surface area contributed by atoms with Crippen LogP contribution in [0.1, 0.15) is 56.6 Å². The first-order chi connectivity index (χ1) is 12.6. The van der Waals surface area contributed by atoms with Crippen molar-refractivity contribution in [2.45, 2.75) is 51.9 Å². The van der Waals surface area contributed by atoms with Gasteiger partial charge in [-0.25, -0.2) is 0 Å². The fourth-order valence-electron chi connectivity index (χ4n) is 4.23. The van der Waals surface area contributed by atoms with Crippen LogP contribution in [0.4, 0.5) is 11.4 Å². The van der Waals surface area contributed by atoms with Crippen LogP contribution in [0.15, 0.2) is 12.3 Å². The van der Waals surface area contributed by atoms with E-state index in [0.29, 0.717) is 11.3 Å². The maximum absolute atomic E-state index is 11.9. The van der Waals surface area contributed by atoms with Crippen LogP contribution in [0.5, 0.6) is 0 Å². The van der Waals surface area contributed by atoms with Gasteiger partial charge >= 0.3 is 0 Å². The molecule has 0 unspecified atom stereocenters. The molecular formula is C18H21N7O2. The van der Waals surface area contributed by atoms with Gasteiger partial charge in [-0.3, -0.25) is 10.1 Å². The standard InChI is InChI=1S/C18H21N7O2/c1-10-13(20-8-11(7-19)16-21-23-24-22-16)6-12-14(15(10)25(26)27)18(4,5)9-17(12,2)3/h6,8,20H,9H2,1-5H3,(H,21,22,23,24). The Hall–Kier alpha value is -3.28. The molecule has 1 aromatic carbocycles. The van der Waals surface area contributed by atoms with Crippen molar-refractivity contribution in [3.63, 3.8) is 0 Å². The van der Waals surface area contributed by atoms with Crippen LogP contribution >= 0.6 is 0 Å². The van der Waals surface area contributed by atoms with E-state index in [1.54, 1.807) is 6.92 Å². The molecule has 0 radical (unpaired) electrons. The molecule has 9 nitrogen and oxygen atoms in total. The normalized spacial score (nSPS) is 17.3. The van der Waals surface area contributed by atoms with Gasteiger partial charge in [0.15, 0.2) is 0 Å². The fourth-order valence-corrected chi connectivity index (χ4v) is 4.23. The van der Waals surface area contributed by atoms with Gasteiger partial charge in [-0.1, -0.05) is 27.7 Å². The Balaban J connectivity index is 2.15. The SMILES string of the molecule is Cc1c(NC=C(C#N)c2nn[nH]n2)cc2c(c1[N+](=O)[O-])C(C)(C)CC2(C)C. The molecule has 140 valence electrons. The number of nitriles is 1. The summed E-state index contributed by atoms with van der Waals surface area (Å²) >= 11 is 0. The molecule has 0 atom stereocenters. The second-order valence-electron chi connectivity index (χ2n) is 8.07. The lowest BCUT2D eigenvalue weighted by Crippen LogP contribution is -2.18. The number of allylic oxidation sites excluding steroid dienone is 1. The molecule has 2 aromatic rings. The lowest BCUT2D eigenvalue weighted by molar-refractivity contribution is -0.386. The average molecular weight is 367 g/mol. The van der Waals surface area contributed by atoms with E-state index in [4.69, 9.17) is 0 Å². The summed E-state index contributed by atoms with van der Waals surface area (Å²) in [6.07, 6.45) is 2.26. The summed E-state index contributed by atoms with van der Waals surface area (Å²) in [5, 5.41) is 37.5. The Kier molecular flexibility index (Phi) is 4.22. The number of aromatic amines is 1.